The molecule has 9 atom stereocenters. The van der Waals surface area contributed by atoms with E-state index in [-0.39, 0.29) is 46.3 Å². The molecule has 9 unspecified atom stereocenters. The molecule has 0 aromatic rings. The largest absolute Gasteiger partial charge is 0.462 e. The van der Waals surface area contributed by atoms with Gasteiger partial charge in [-0.1, -0.05) is 52.3 Å². The maximum atomic E-state index is 13.0. The summed E-state index contributed by atoms with van der Waals surface area (Å²) in [5, 5.41) is 0. The summed E-state index contributed by atoms with van der Waals surface area (Å²) >= 11 is 0. The summed E-state index contributed by atoms with van der Waals surface area (Å²) in [6.45, 7) is 16.3. The molecule has 1 aliphatic heterocycles. The van der Waals surface area contributed by atoms with Crippen LogP contribution >= 0.6 is 0 Å². The SMILES string of the molecule is CCOC1CC(C2CC=C3C2(C)CCC2C4(C)C=CC(=O)C(C)(C)C4CC(OC(C)=O)C32C)CO1. The lowest BCUT2D eigenvalue weighted by molar-refractivity contribution is -0.188. The van der Waals surface area contributed by atoms with Crippen LogP contribution in [0, 0.1) is 45.3 Å². The van der Waals surface area contributed by atoms with Gasteiger partial charge in [-0.3, -0.25) is 9.59 Å². The fourth-order valence-corrected chi connectivity index (χ4v) is 9.56. The number of carbonyl (C=O) groups excluding carboxylic acids is 2. The molecule has 5 nitrogen and oxygen atoms in total. The standard InChI is InChI=1S/C30H44O5/c1-8-33-26-15-19(17-34-26)20-9-10-21-28(20,5)13-11-22-29(6)14-12-24(32)27(3,4)23(29)16-25(30(21,22)7)35-18(2)31/h10,12,14,19-20,22-23,25-26H,8-9,11,13,15-17H2,1-7H3. The van der Waals surface area contributed by atoms with Crippen LogP contribution in [-0.4, -0.2) is 37.4 Å². The zero-order valence-corrected chi connectivity index (χ0v) is 22.7. The molecular formula is C30H44O5. The van der Waals surface area contributed by atoms with E-state index in [1.54, 1.807) is 0 Å². The van der Waals surface area contributed by atoms with Crippen molar-refractivity contribution >= 4 is 11.8 Å². The van der Waals surface area contributed by atoms with Crippen LogP contribution < -0.4 is 0 Å². The number of hydrogen-bond acceptors (Lipinski definition) is 5. The molecule has 0 amide bonds. The van der Waals surface area contributed by atoms with E-state index in [0.717, 1.165) is 38.7 Å². The number of esters is 1. The van der Waals surface area contributed by atoms with Gasteiger partial charge in [0.15, 0.2) is 12.1 Å². The summed E-state index contributed by atoms with van der Waals surface area (Å²) in [4.78, 5) is 25.3. The second kappa shape index (κ2) is 8.28. The third-order valence-corrected chi connectivity index (χ3v) is 11.2. The van der Waals surface area contributed by atoms with Crippen molar-refractivity contribution in [3.8, 4) is 0 Å². The molecule has 194 valence electrons. The minimum atomic E-state index is -0.466. The minimum absolute atomic E-state index is 0.0612. The first-order chi connectivity index (χ1) is 16.4. The molecule has 5 rings (SSSR count). The van der Waals surface area contributed by atoms with Gasteiger partial charge in [0.25, 0.3) is 0 Å². The second-order valence-corrected chi connectivity index (χ2v) is 13.1. The van der Waals surface area contributed by atoms with E-state index in [1.807, 2.05) is 13.0 Å². The Morgan fingerprint density at radius 2 is 1.89 bits per heavy atom. The molecule has 0 aromatic carbocycles. The Morgan fingerprint density at radius 1 is 1.14 bits per heavy atom. The van der Waals surface area contributed by atoms with Crippen LogP contribution in [0.4, 0.5) is 0 Å². The number of ether oxygens (including phenoxy) is 3. The van der Waals surface area contributed by atoms with Gasteiger partial charge < -0.3 is 14.2 Å². The van der Waals surface area contributed by atoms with Crippen LogP contribution in [0.5, 0.6) is 0 Å². The predicted molar refractivity (Wildman–Crippen MR) is 134 cm³/mol. The van der Waals surface area contributed by atoms with Crippen molar-refractivity contribution in [3.63, 3.8) is 0 Å². The zero-order chi connectivity index (χ0) is 25.4. The van der Waals surface area contributed by atoms with E-state index in [2.05, 4.69) is 46.8 Å². The lowest BCUT2D eigenvalue weighted by Crippen LogP contribution is -2.64. The number of fused-ring (bicyclic) bond motifs is 5. The molecule has 1 heterocycles. The summed E-state index contributed by atoms with van der Waals surface area (Å²) < 4.78 is 18.0. The highest BCUT2D eigenvalue weighted by atomic mass is 16.7. The molecule has 0 bridgehead atoms. The van der Waals surface area contributed by atoms with E-state index < -0.39 is 5.41 Å². The summed E-state index contributed by atoms with van der Waals surface area (Å²) in [6.07, 6.45) is 11.2. The lowest BCUT2D eigenvalue weighted by atomic mass is 9.38. The van der Waals surface area contributed by atoms with Gasteiger partial charge in [0.1, 0.15) is 6.10 Å². The first-order valence-electron chi connectivity index (χ1n) is 13.7. The molecule has 2 saturated carbocycles. The summed E-state index contributed by atoms with van der Waals surface area (Å²) in [7, 11) is 0. The molecule has 3 fully saturated rings. The van der Waals surface area contributed by atoms with Gasteiger partial charge >= 0.3 is 5.97 Å². The van der Waals surface area contributed by atoms with E-state index in [9.17, 15) is 9.59 Å². The molecule has 0 radical (unpaired) electrons. The average Bonchev–Trinajstić information content (AvgIpc) is 3.37. The molecule has 5 aliphatic rings. The van der Waals surface area contributed by atoms with Gasteiger partial charge in [-0.2, -0.15) is 0 Å². The molecule has 1 saturated heterocycles. The highest BCUT2D eigenvalue weighted by Gasteiger charge is 2.68. The maximum Gasteiger partial charge on any atom is 0.302 e. The predicted octanol–water partition coefficient (Wildman–Crippen LogP) is 5.88. The Balaban J connectivity index is 1.54. The van der Waals surface area contributed by atoms with Gasteiger partial charge in [-0.25, -0.2) is 0 Å². The normalized spacial score (nSPS) is 48.1. The average molecular weight is 485 g/mol. The van der Waals surface area contributed by atoms with Gasteiger partial charge in [0.2, 0.25) is 0 Å². The van der Waals surface area contributed by atoms with Crippen molar-refractivity contribution in [1.29, 1.82) is 0 Å². The monoisotopic (exact) mass is 484 g/mol. The van der Waals surface area contributed by atoms with Crippen molar-refractivity contribution in [3.05, 3.63) is 23.8 Å². The highest BCUT2D eigenvalue weighted by Crippen LogP contribution is 2.72. The lowest BCUT2D eigenvalue weighted by Gasteiger charge is -2.66. The Morgan fingerprint density at radius 3 is 2.57 bits per heavy atom. The van der Waals surface area contributed by atoms with E-state index >= 15 is 0 Å². The quantitative estimate of drug-likeness (QED) is 0.368. The maximum absolute atomic E-state index is 13.0. The minimum Gasteiger partial charge on any atom is -0.462 e. The molecule has 0 N–H and O–H groups in total. The highest BCUT2D eigenvalue weighted by molar-refractivity contribution is 5.95. The third-order valence-electron chi connectivity index (χ3n) is 11.2. The van der Waals surface area contributed by atoms with Crippen LogP contribution in [0.1, 0.15) is 80.6 Å². The number of allylic oxidation sites excluding steroid dienone is 3. The fourth-order valence-electron chi connectivity index (χ4n) is 9.56. The molecule has 0 aromatic heterocycles. The van der Waals surface area contributed by atoms with Gasteiger partial charge in [-0.05, 0) is 73.2 Å². The zero-order valence-electron chi connectivity index (χ0n) is 22.7. The van der Waals surface area contributed by atoms with Crippen molar-refractivity contribution in [2.75, 3.05) is 13.2 Å². The fraction of sp³-hybridized carbons (Fsp3) is 0.800. The first kappa shape index (κ1) is 25.2. The van der Waals surface area contributed by atoms with Gasteiger partial charge in [0.05, 0.1) is 6.61 Å². The molecular weight excluding hydrogens is 440 g/mol. The van der Waals surface area contributed by atoms with E-state index in [0.29, 0.717) is 24.4 Å². The molecule has 0 spiro atoms. The Kier molecular flexibility index (Phi) is 5.96. The Bertz CT molecular complexity index is 964. The van der Waals surface area contributed by atoms with Crippen molar-refractivity contribution in [2.24, 2.45) is 45.3 Å². The van der Waals surface area contributed by atoms with Crippen molar-refractivity contribution in [2.45, 2.75) is 93.0 Å². The van der Waals surface area contributed by atoms with Crippen LogP contribution in [0.25, 0.3) is 0 Å². The van der Waals surface area contributed by atoms with E-state index in [4.69, 9.17) is 14.2 Å². The topological polar surface area (TPSA) is 61.8 Å². The van der Waals surface area contributed by atoms with Crippen molar-refractivity contribution in [1.82, 2.24) is 0 Å². The van der Waals surface area contributed by atoms with Crippen LogP contribution in [0.2, 0.25) is 0 Å². The van der Waals surface area contributed by atoms with Crippen LogP contribution in [-0.2, 0) is 23.8 Å². The Labute approximate surface area is 211 Å². The number of ketones is 1. The molecule has 4 aliphatic carbocycles. The Hall–Kier alpha value is -1.46. The van der Waals surface area contributed by atoms with Gasteiger partial charge in [-0.15, -0.1) is 0 Å². The third kappa shape index (κ3) is 3.47. The summed E-state index contributed by atoms with van der Waals surface area (Å²) in [5.41, 5.74) is 0.718. The van der Waals surface area contributed by atoms with Crippen LogP contribution in [0.15, 0.2) is 23.8 Å². The molecule has 5 heteroatoms. The first-order valence-corrected chi connectivity index (χ1v) is 13.7. The number of hydrogen-bond donors (Lipinski definition) is 0. The number of carbonyl (C=O) groups is 2. The van der Waals surface area contributed by atoms with Crippen LogP contribution in [0.3, 0.4) is 0 Å². The summed E-state index contributed by atoms with van der Waals surface area (Å²) in [5.74, 6) is 1.43. The number of rotatable bonds is 4. The molecule has 35 heavy (non-hydrogen) atoms. The van der Waals surface area contributed by atoms with Crippen molar-refractivity contribution < 1.29 is 23.8 Å². The second-order valence-electron chi connectivity index (χ2n) is 13.1. The smallest absolute Gasteiger partial charge is 0.302 e. The van der Waals surface area contributed by atoms with Gasteiger partial charge in [0, 0.05) is 30.8 Å². The van der Waals surface area contributed by atoms with E-state index in [1.165, 1.54) is 12.5 Å². The summed E-state index contributed by atoms with van der Waals surface area (Å²) in [6, 6.07) is 0.